The first-order chi connectivity index (χ1) is 28.4. The fourth-order valence-electron chi connectivity index (χ4n) is 5.12. The molecule has 0 spiro atoms. The Bertz CT molecular complexity index is 2210. The van der Waals surface area contributed by atoms with E-state index in [0.29, 0.717) is 10.9 Å². The molecule has 59 heavy (non-hydrogen) atoms. The van der Waals surface area contributed by atoms with Crippen LogP contribution in [-0.4, -0.2) is 46.0 Å². The zero-order valence-corrected chi connectivity index (χ0v) is 40.7. The Balaban J connectivity index is 0.000000190. The van der Waals surface area contributed by atoms with Crippen molar-refractivity contribution in [1.29, 1.82) is 0 Å². The van der Waals surface area contributed by atoms with Crippen LogP contribution >= 0.6 is 35.3 Å². The van der Waals surface area contributed by atoms with Crippen LogP contribution in [-0.2, 0) is 43.4 Å². The lowest BCUT2D eigenvalue weighted by Crippen LogP contribution is -2.00. The highest BCUT2D eigenvalue weighted by molar-refractivity contribution is 7.99. The first-order valence-electron chi connectivity index (χ1n) is 18.8. The second-order valence-corrected chi connectivity index (χ2v) is 23.3. The van der Waals surface area contributed by atoms with Crippen LogP contribution in [0.5, 0.6) is 0 Å². The quantitative estimate of drug-likeness (QED) is 0.101. The van der Waals surface area contributed by atoms with Crippen LogP contribution in [0.15, 0.2) is 231 Å². The first-order valence-corrected chi connectivity index (χ1v) is 28.4. The second-order valence-electron chi connectivity index (χ2n) is 13.3. The highest BCUT2D eigenvalue weighted by atomic mass is 32.2. The van der Waals surface area contributed by atoms with E-state index in [9.17, 15) is 8.42 Å². The molecule has 3 unspecified atom stereocenters. The van der Waals surface area contributed by atoms with Crippen molar-refractivity contribution in [3.8, 4) is 0 Å². The lowest BCUT2D eigenvalue weighted by atomic mass is 10.2. The molecule has 3 atom stereocenters. The number of rotatable bonds is 10. The SMILES string of the molecule is CS(=O)c1ccc(S(C)=O)cc1.CSc1ccc(C)cc1.Cc1ccc([S+](C)c2ccc(Sc3ccc([S+](C)C)cc3)cc2)cc1.c1ccc(Sc2ccccc2)cc1. The molecule has 0 fully saturated rings. The smallest absolute Gasteiger partial charge is 0.160 e. The fourth-order valence-corrected chi connectivity index (χ4v) is 10.3. The van der Waals surface area contributed by atoms with Crippen LogP contribution in [0.3, 0.4) is 0 Å². The molecule has 7 aromatic rings. The Morgan fingerprint density at radius 2 is 0.695 bits per heavy atom. The van der Waals surface area contributed by atoms with Crippen LogP contribution in [0.25, 0.3) is 0 Å². The Hall–Kier alpha value is -3.41. The van der Waals surface area contributed by atoms with Gasteiger partial charge in [-0.2, -0.15) is 0 Å². The summed E-state index contributed by atoms with van der Waals surface area (Å²) in [6.45, 7) is 4.24. The molecule has 0 saturated heterocycles. The van der Waals surface area contributed by atoms with Crippen molar-refractivity contribution in [2.75, 3.05) is 37.5 Å². The van der Waals surface area contributed by atoms with Gasteiger partial charge in [0.25, 0.3) is 0 Å². The fraction of sp³-hybridized carbons (Fsp3) is 0.160. The summed E-state index contributed by atoms with van der Waals surface area (Å²) in [5.41, 5.74) is 2.64. The molecule has 7 rings (SSSR count). The lowest BCUT2D eigenvalue weighted by molar-refractivity contribution is 0.684. The zero-order valence-electron chi connectivity index (χ0n) is 35.0. The summed E-state index contributed by atoms with van der Waals surface area (Å²) in [5, 5.41) is 0. The number of benzene rings is 7. The lowest BCUT2D eigenvalue weighted by Gasteiger charge is -2.05. The summed E-state index contributed by atoms with van der Waals surface area (Å²) in [5.74, 6) is 0. The van der Waals surface area contributed by atoms with E-state index < -0.39 is 21.6 Å². The molecule has 306 valence electrons. The molecule has 0 heterocycles. The first kappa shape index (κ1) is 48.3. The Morgan fingerprint density at radius 1 is 0.390 bits per heavy atom. The maximum Gasteiger partial charge on any atom is 0.160 e. The highest BCUT2D eigenvalue weighted by Gasteiger charge is 2.19. The summed E-state index contributed by atoms with van der Waals surface area (Å²) >= 11 is 5.40. The van der Waals surface area contributed by atoms with E-state index in [0.717, 1.165) is 9.79 Å². The van der Waals surface area contributed by atoms with Gasteiger partial charge in [-0.15, -0.1) is 11.8 Å². The van der Waals surface area contributed by atoms with Gasteiger partial charge in [-0.25, -0.2) is 0 Å². The van der Waals surface area contributed by atoms with E-state index in [-0.39, 0.29) is 10.9 Å². The van der Waals surface area contributed by atoms with Crippen molar-refractivity contribution in [3.63, 3.8) is 0 Å². The molecule has 0 aliphatic rings. The summed E-state index contributed by atoms with van der Waals surface area (Å²) in [7, 11) is -1.45. The average Bonchev–Trinajstić information content (AvgIpc) is 3.26. The summed E-state index contributed by atoms with van der Waals surface area (Å²) in [6, 6.07) is 63.2. The molecule has 0 bridgehead atoms. The van der Waals surface area contributed by atoms with Gasteiger partial charge in [0.2, 0.25) is 0 Å². The van der Waals surface area contributed by atoms with Crippen molar-refractivity contribution >= 4 is 78.7 Å². The Kier molecular flexibility index (Phi) is 21.3. The van der Waals surface area contributed by atoms with Crippen molar-refractivity contribution in [3.05, 3.63) is 193 Å². The van der Waals surface area contributed by atoms with E-state index in [1.807, 2.05) is 23.9 Å². The number of thioether (sulfide) groups is 1. The molecule has 0 N–H and O–H groups in total. The van der Waals surface area contributed by atoms with Gasteiger partial charge < -0.3 is 0 Å². The predicted molar refractivity (Wildman–Crippen MR) is 267 cm³/mol. The van der Waals surface area contributed by atoms with Gasteiger partial charge >= 0.3 is 0 Å². The van der Waals surface area contributed by atoms with Crippen LogP contribution in [0, 0.1) is 13.8 Å². The molecule has 7 aromatic carbocycles. The van der Waals surface area contributed by atoms with Gasteiger partial charge in [0.15, 0.2) is 14.7 Å². The minimum absolute atomic E-state index is 0.123. The van der Waals surface area contributed by atoms with E-state index >= 15 is 0 Å². The average molecular weight is 911 g/mol. The standard InChI is InChI=1S/C22H24S3.C12H10S.C8H10O2S2.C8H10S/c1-17-5-11-21(12-6-17)25(4)22-15-9-19(10-16-22)23-18-7-13-20(14-8-18)24(2)3;1-3-7-11(8-4-1)13-12-9-5-2-6-10-12;1-11(9)7-3-5-8(6-4-7)12(2)10;1-7-3-5-8(9-2)6-4-7/h5-16H,1-4H3;1-10H;3-6H,1-2H3;3-6H,1-2H3/q+2;;;. The van der Waals surface area contributed by atoms with Gasteiger partial charge in [0, 0.05) is 79.3 Å². The van der Waals surface area contributed by atoms with Gasteiger partial charge in [0.1, 0.15) is 18.8 Å². The van der Waals surface area contributed by atoms with E-state index in [1.165, 1.54) is 50.3 Å². The maximum atomic E-state index is 11.0. The third-order valence-corrected chi connectivity index (χ3v) is 16.4. The highest BCUT2D eigenvalue weighted by Crippen LogP contribution is 2.31. The van der Waals surface area contributed by atoms with Gasteiger partial charge in [0.05, 0.1) is 10.9 Å². The molecule has 0 aliphatic carbocycles. The minimum Gasteiger partial charge on any atom is -0.255 e. The van der Waals surface area contributed by atoms with Crippen LogP contribution in [0.1, 0.15) is 11.1 Å². The molecule has 0 aromatic heterocycles. The molecule has 2 nitrogen and oxygen atoms in total. The van der Waals surface area contributed by atoms with E-state index in [2.05, 4.69) is 184 Å². The normalized spacial score (nSPS) is 12.0. The van der Waals surface area contributed by atoms with E-state index in [4.69, 9.17) is 0 Å². The topological polar surface area (TPSA) is 34.1 Å². The van der Waals surface area contributed by atoms with Crippen molar-refractivity contribution < 1.29 is 8.42 Å². The van der Waals surface area contributed by atoms with E-state index in [1.54, 1.807) is 60.3 Å². The molecule has 0 radical (unpaired) electrons. The monoisotopic (exact) mass is 910 g/mol. The molecule has 0 amide bonds. The third kappa shape index (κ3) is 17.6. The van der Waals surface area contributed by atoms with Crippen molar-refractivity contribution in [1.82, 2.24) is 0 Å². The Morgan fingerprint density at radius 3 is 1.03 bits per heavy atom. The van der Waals surface area contributed by atoms with Crippen LogP contribution in [0.2, 0.25) is 0 Å². The largest absolute Gasteiger partial charge is 0.255 e. The van der Waals surface area contributed by atoms with Crippen LogP contribution in [0.4, 0.5) is 0 Å². The number of hydrogen-bond donors (Lipinski definition) is 0. The van der Waals surface area contributed by atoms with Crippen molar-refractivity contribution in [2.45, 2.75) is 62.8 Å². The molecular formula is C50H54O2S7+2. The molecular weight excluding hydrogens is 857 g/mol. The zero-order chi connectivity index (χ0) is 42.6. The maximum absolute atomic E-state index is 11.0. The van der Waals surface area contributed by atoms with Gasteiger partial charge in [-0.05, 0) is 141 Å². The van der Waals surface area contributed by atoms with Crippen LogP contribution < -0.4 is 0 Å². The molecule has 9 heteroatoms. The third-order valence-electron chi connectivity index (χ3n) is 8.55. The summed E-state index contributed by atoms with van der Waals surface area (Å²) < 4.78 is 21.9. The summed E-state index contributed by atoms with van der Waals surface area (Å²) in [6.07, 6.45) is 12.2. The number of hydrogen-bond acceptors (Lipinski definition) is 5. The summed E-state index contributed by atoms with van der Waals surface area (Å²) in [4.78, 5) is 12.3. The van der Waals surface area contributed by atoms with Gasteiger partial charge in [-0.3, -0.25) is 8.42 Å². The van der Waals surface area contributed by atoms with Crippen molar-refractivity contribution in [2.24, 2.45) is 0 Å². The minimum atomic E-state index is -0.949. The number of aryl methyl sites for hydroxylation is 2. The predicted octanol–water partition coefficient (Wildman–Crippen LogP) is 13.8. The Labute approximate surface area is 377 Å². The molecule has 0 aliphatic heterocycles. The molecule has 0 saturated carbocycles. The second kappa shape index (κ2) is 26.0. The van der Waals surface area contributed by atoms with Gasteiger partial charge in [-0.1, -0.05) is 95.3 Å².